The topological polar surface area (TPSA) is 54.4 Å². The zero-order valence-electron chi connectivity index (χ0n) is 6.88. The lowest BCUT2D eigenvalue weighted by Gasteiger charge is -2.15. The lowest BCUT2D eigenvalue weighted by Crippen LogP contribution is -2.19. The summed E-state index contributed by atoms with van der Waals surface area (Å²) in [6.45, 7) is 5.81. The van der Waals surface area contributed by atoms with Crippen molar-refractivity contribution in [2.24, 2.45) is 0 Å². The molecule has 0 aliphatic carbocycles. The van der Waals surface area contributed by atoms with Crippen molar-refractivity contribution in [1.82, 2.24) is 0 Å². The van der Waals surface area contributed by atoms with Crippen molar-refractivity contribution in [3.05, 3.63) is 0 Å². The van der Waals surface area contributed by atoms with Crippen molar-refractivity contribution >= 4 is 23.5 Å². The van der Waals surface area contributed by atoms with Gasteiger partial charge < -0.3 is 5.11 Å². The Morgan fingerprint density at radius 3 is 2.09 bits per heavy atom. The van der Waals surface area contributed by atoms with Gasteiger partial charge in [-0.15, -0.1) is 11.8 Å². The molecule has 0 aromatic carbocycles. The molecule has 0 saturated carbocycles. The Labute approximate surface area is 70.2 Å². The first-order chi connectivity index (χ1) is 4.83. The first-order valence-electron chi connectivity index (χ1n) is 3.23. The van der Waals surface area contributed by atoms with E-state index >= 15 is 0 Å². The van der Waals surface area contributed by atoms with Gasteiger partial charge in [-0.3, -0.25) is 4.79 Å². The highest BCUT2D eigenvalue weighted by Crippen LogP contribution is 2.22. The molecule has 64 valence electrons. The van der Waals surface area contributed by atoms with Gasteiger partial charge in [0.25, 0.3) is 0 Å². The van der Waals surface area contributed by atoms with Crippen LogP contribution in [-0.4, -0.2) is 27.4 Å². The standard InChI is InChI=1S/C7H12O3S/c1-7(2,3)11-4-5(8)6(9)10/h4H2,1-3H3,(H,9,10). The van der Waals surface area contributed by atoms with Crippen LogP contribution in [0.3, 0.4) is 0 Å². The van der Waals surface area contributed by atoms with Crippen molar-refractivity contribution in [2.75, 3.05) is 5.75 Å². The number of hydrogen-bond acceptors (Lipinski definition) is 3. The Morgan fingerprint density at radius 2 is 1.82 bits per heavy atom. The number of hydrogen-bond donors (Lipinski definition) is 1. The molecule has 3 nitrogen and oxygen atoms in total. The molecule has 1 N–H and O–H groups in total. The Morgan fingerprint density at radius 1 is 1.36 bits per heavy atom. The van der Waals surface area contributed by atoms with E-state index in [-0.39, 0.29) is 10.5 Å². The minimum absolute atomic E-state index is 0.0505. The SMILES string of the molecule is CC(C)(C)SCC(=O)C(=O)O. The summed E-state index contributed by atoms with van der Waals surface area (Å²) in [6, 6.07) is 0. The summed E-state index contributed by atoms with van der Waals surface area (Å²) in [4.78, 5) is 20.6. The van der Waals surface area contributed by atoms with E-state index in [9.17, 15) is 9.59 Å². The van der Waals surface area contributed by atoms with E-state index in [0.29, 0.717) is 0 Å². The van der Waals surface area contributed by atoms with Crippen LogP contribution in [0, 0.1) is 0 Å². The van der Waals surface area contributed by atoms with Gasteiger partial charge >= 0.3 is 5.97 Å². The molecule has 0 aromatic rings. The molecule has 0 aliphatic heterocycles. The van der Waals surface area contributed by atoms with Crippen LogP contribution in [0.5, 0.6) is 0 Å². The summed E-state index contributed by atoms with van der Waals surface area (Å²) in [5.41, 5.74) is 0. The van der Waals surface area contributed by atoms with Crippen LogP contribution >= 0.6 is 11.8 Å². The molecule has 0 radical (unpaired) electrons. The molecule has 11 heavy (non-hydrogen) atoms. The first kappa shape index (κ1) is 10.5. The quantitative estimate of drug-likeness (QED) is 0.656. The molecular formula is C7H12O3S. The summed E-state index contributed by atoms with van der Waals surface area (Å²) < 4.78 is -0.0505. The van der Waals surface area contributed by atoms with E-state index in [1.165, 1.54) is 11.8 Å². The minimum atomic E-state index is -1.35. The molecule has 0 rings (SSSR count). The lowest BCUT2D eigenvalue weighted by molar-refractivity contribution is -0.147. The Bertz CT molecular complexity index is 169. The Hall–Kier alpha value is -0.510. The molecule has 0 aliphatic rings. The number of ketones is 1. The summed E-state index contributed by atoms with van der Waals surface area (Å²) in [5, 5.41) is 8.22. The number of carboxylic acids is 1. The van der Waals surface area contributed by atoms with E-state index in [1.54, 1.807) is 0 Å². The number of Topliss-reactive ketones (excluding diaryl/α,β-unsaturated/α-hetero) is 1. The highest BCUT2D eigenvalue weighted by molar-refractivity contribution is 8.01. The molecule has 0 bridgehead atoms. The molecule has 0 fully saturated rings. The number of carbonyl (C=O) groups excluding carboxylic acids is 1. The number of carbonyl (C=O) groups is 2. The molecule has 4 heteroatoms. The number of carboxylic acid groups (broad SMARTS) is 1. The highest BCUT2D eigenvalue weighted by atomic mass is 32.2. The van der Waals surface area contributed by atoms with Gasteiger partial charge in [0.15, 0.2) is 0 Å². The largest absolute Gasteiger partial charge is 0.475 e. The fourth-order valence-electron chi connectivity index (χ4n) is 0.344. The second-order valence-electron chi connectivity index (χ2n) is 3.13. The van der Waals surface area contributed by atoms with Crippen molar-refractivity contribution in [3.8, 4) is 0 Å². The first-order valence-corrected chi connectivity index (χ1v) is 4.21. The van der Waals surface area contributed by atoms with Crippen molar-refractivity contribution in [3.63, 3.8) is 0 Å². The van der Waals surface area contributed by atoms with Crippen LogP contribution in [0.15, 0.2) is 0 Å². The monoisotopic (exact) mass is 176 g/mol. The van der Waals surface area contributed by atoms with Crippen molar-refractivity contribution in [1.29, 1.82) is 0 Å². The molecule has 0 amide bonds. The maximum absolute atomic E-state index is 10.6. The third-order valence-corrected chi connectivity index (χ3v) is 2.15. The molecule has 0 atom stereocenters. The zero-order chi connectivity index (χ0) is 9.07. The average molecular weight is 176 g/mol. The second-order valence-corrected chi connectivity index (χ2v) is 4.93. The van der Waals surface area contributed by atoms with Gasteiger partial charge in [0.2, 0.25) is 5.78 Å². The Kier molecular flexibility index (Phi) is 3.58. The summed E-state index contributed by atoms with van der Waals surface area (Å²) in [5.74, 6) is -2.02. The second kappa shape index (κ2) is 3.76. The van der Waals surface area contributed by atoms with Crippen LogP contribution < -0.4 is 0 Å². The van der Waals surface area contributed by atoms with Gasteiger partial charge in [-0.05, 0) is 0 Å². The third kappa shape index (κ3) is 5.91. The highest BCUT2D eigenvalue weighted by Gasteiger charge is 2.17. The fraction of sp³-hybridized carbons (Fsp3) is 0.714. The normalized spacial score (nSPS) is 11.2. The van der Waals surface area contributed by atoms with Crippen molar-refractivity contribution < 1.29 is 14.7 Å². The fourth-order valence-corrected chi connectivity index (χ4v) is 1.03. The van der Waals surface area contributed by atoms with Crippen molar-refractivity contribution in [2.45, 2.75) is 25.5 Å². The average Bonchev–Trinajstić information content (AvgIpc) is 1.80. The summed E-state index contributed by atoms with van der Waals surface area (Å²) in [6.07, 6.45) is 0. The van der Waals surface area contributed by atoms with Gasteiger partial charge in [0, 0.05) is 4.75 Å². The van der Waals surface area contributed by atoms with E-state index in [2.05, 4.69) is 0 Å². The molecule has 0 unspecified atom stereocenters. The van der Waals surface area contributed by atoms with Crippen LogP contribution in [0.2, 0.25) is 0 Å². The predicted molar refractivity (Wildman–Crippen MR) is 44.9 cm³/mol. The molecule has 0 saturated heterocycles. The van der Waals surface area contributed by atoms with Gasteiger partial charge in [-0.1, -0.05) is 20.8 Å². The summed E-state index contributed by atoms with van der Waals surface area (Å²) in [7, 11) is 0. The number of aliphatic carboxylic acids is 1. The maximum atomic E-state index is 10.6. The molecular weight excluding hydrogens is 164 g/mol. The minimum Gasteiger partial charge on any atom is -0.475 e. The van der Waals surface area contributed by atoms with E-state index < -0.39 is 11.8 Å². The molecule has 0 aromatic heterocycles. The zero-order valence-corrected chi connectivity index (χ0v) is 7.70. The van der Waals surface area contributed by atoms with Crippen LogP contribution in [0.25, 0.3) is 0 Å². The molecule has 0 spiro atoms. The van der Waals surface area contributed by atoms with Crippen LogP contribution in [0.1, 0.15) is 20.8 Å². The van der Waals surface area contributed by atoms with Crippen LogP contribution in [-0.2, 0) is 9.59 Å². The van der Waals surface area contributed by atoms with E-state index in [0.717, 1.165) is 0 Å². The number of thioether (sulfide) groups is 1. The lowest BCUT2D eigenvalue weighted by atomic mass is 10.3. The van der Waals surface area contributed by atoms with Crippen LogP contribution in [0.4, 0.5) is 0 Å². The Balaban J connectivity index is 3.73. The van der Waals surface area contributed by atoms with E-state index in [4.69, 9.17) is 5.11 Å². The van der Waals surface area contributed by atoms with Gasteiger partial charge in [0.05, 0.1) is 5.75 Å². The summed E-state index contributed by atoms with van der Waals surface area (Å²) >= 11 is 1.34. The van der Waals surface area contributed by atoms with E-state index in [1.807, 2.05) is 20.8 Å². The molecule has 0 heterocycles. The van der Waals surface area contributed by atoms with Gasteiger partial charge in [-0.25, -0.2) is 4.79 Å². The smallest absolute Gasteiger partial charge is 0.373 e. The van der Waals surface area contributed by atoms with Gasteiger partial charge in [-0.2, -0.15) is 0 Å². The predicted octanol–water partition coefficient (Wildman–Crippen LogP) is 1.17. The maximum Gasteiger partial charge on any atom is 0.373 e. The third-order valence-electron chi connectivity index (χ3n) is 0.875. The van der Waals surface area contributed by atoms with Gasteiger partial charge in [0.1, 0.15) is 0 Å². The number of rotatable bonds is 3.